The molecule has 0 heterocycles. The number of carbonyl (C=O) groups is 2. The largest absolute Gasteiger partial charge is 0.355 e. The highest BCUT2D eigenvalue weighted by molar-refractivity contribution is 6.42. The number of rotatable bonds is 7. The quantitative estimate of drug-likeness (QED) is 0.740. The van der Waals surface area contributed by atoms with Gasteiger partial charge >= 0.3 is 0 Å². The highest BCUT2D eigenvalue weighted by Gasteiger charge is 2.26. The van der Waals surface area contributed by atoms with Gasteiger partial charge in [0, 0.05) is 13.1 Å². The molecule has 2 aromatic carbocycles. The number of benzene rings is 2. The second-order valence-electron chi connectivity index (χ2n) is 6.44. The van der Waals surface area contributed by atoms with Gasteiger partial charge in [-0.05, 0) is 49.6 Å². The van der Waals surface area contributed by atoms with Gasteiger partial charge in [-0.3, -0.25) is 9.59 Å². The Balaban J connectivity index is 2.27. The average Bonchev–Trinajstić information content (AvgIpc) is 2.64. The Labute approximate surface area is 170 Å². The first-order valence-electron chi connectivity index (χ1n) is 8.89. The molecule has 0 radical (unpaired) electrons. The van der Waals surface area contributed by atoms with Crippen molar-refractivity contribution >= 4 is 35.0 Å². The molecule has 2 amide bonds. The zero-order chi connectivity index (χ0) is 20.0. The Bertz CT molecular complexity index is 824. The van der Waals surface area contributed by atoms with E-state index in [1.54, 1.807) is 24.0 Å². The molecule has 0 saturated heterocycles. The van der Waals surface area contributed by atoms with Crippen LogP contribution in [0.1, 0.15) is 30.5 Å². The molecule has 4 nitrogen and oxygen atoms in total. The van der Waals surface area contributed by atoms with Crippen molar-refractivity contribution in [3.8, 4) is 0 Å². The number of hydrogen-bond donors (Lipinski definition) is 1. The SMILES string of the molecule is CCNC(=O)[C@@H](C)N(Cc1ccc(Cl)c(Cl)c1)C(=O)Cc1ccccc1C. The number of amides is 2. The van der Waals surface area contributed by atoms with E-state index in [9.17, 15) is 9.59 Å². The molecule has 2 aromatic rings. The molecular weight excluding hydrogens is 383 g/mol. The van der Waals surface area contributed by atoms with Crippen molar-refractivity contribution in [1.29, 1.82) is 0 Å². The summed E-state index contributed by atoms with van der Waals surface area (Å²) in [4.78, 5) is 27.0. The summed E-state index contributed by atoms with van der Waals surface area (Å²) in [6.45, 7) is 6.34. The fourth-order valence-corrected chi connectivity index (χ4v) is 3.13. The van der Waals surface area contributed by atoms with Gasteiger partial charge in [0.1, 0.15) is 6.04 Å². The number of nitrogens with one attached hydrogen (secondary N) is 1. The second kappa shape index (κ2) is 9.77. The monoisotopic (exact) mass is 406 g/mol. The molecule has 144 valence electrons. The van der Waals surface area contributed by atoms with E-state index in [-0.39, 0.29) is 24.8 Å². The minimum atomic E-state index is -0.601. The topological polar surface area (TPSA) is 49.4 Å². The van der Waals surface area contributed by atoms with Crippen molar-refractivity contribution in [2.24, 2.45) is 0 Å². The van der Waals surface area contributed by atoms with Gasteiger partial charge in [0.15, 0.2) is 0 Å². The zero-order valence-corrected chi connectivity index (χ0v) is 17.3. The maximum atomic E-state index is 13.1. The number of aryl methyl sites for hydroxylation is 1. The van der Waals surface area contributed by atoms with Gasteiger partial charge < -0.3 is 10.2 Å². The van der Waals surface area contributed by atoms with Crippen LogP contribution in [0, 0.1) is 6.92 Å². The van der Waals surface area contributed by atoms with Crippen molar-refractivity contribution in [1.82, 2.24) is 10.2 Å². The van der Waals surface area contributed by atoms with Crippen LogP contribution in [-0.2, 0) is 22.6 Å². The molecule has 2 rings (SSSR count). The summed E-state index contributed by atoms with van der Waals surface area (Å²) in [6.07, 6.45) is 0.234. The first-order chi connectivity index (χ1) is 12.8. The van der Waals surface area contributed by atoms with Crippen LogP contribution in [0.3, 0.4) is 0 Å². The molecule has 0 aliphatic heterocycles. The minimum Gasteiger partial charge on any atom is -0.355 e. The lowest BCUT2D eigenvalue weighted by atomic mass is 10.0. The van der Waals surface area contributed by atoms with Crippen LogP contribution in [0.4, 0.5) is 0 Å². The van der Waals surface area contributed by atoms with Crippen LogP contribution in [0.15, 0.2) is 42.5 Å². The van der Waals surface area contributed by atoms with Gasteiger partial charge in [-0.25, -0.2) is 0 Å². The lowest BCUT2D eigenvalue weighted by Crippen LogP contribution is -2.48. The minimum absolute atomic E-state index is 0.117. The molecule has 1 atom stereocenters. The molecule has 0 aliphatic carbocycles. The van der Waals surface area contributed by atoms with Gasteiger partial charge in [-0.15, -0.1) is 0 Å². The first-order valence-corrected chi connectivity index (χ1v) is 9.64. The van der Waals surface area contributed by atoms with Crippen LogP contribution in [0.25, 0.3) is 0 Å². The van der Waals surface area contributed by atoms with Crippen molar-refractivity contribution < 1.29 is 9.59 Å². The lowest BCUT2D eigenvalue weighted by molar-refractivity contribution is -0.140. The smallest absolute Gasteiger partial charge is 0.242 e. The molecular formula is C21H24Cl2N2O2. The van der Waals surface area contributed by atoms with Gasteiger partial charge in [0.05, 0.1) is 16.5 Å². The Morgan fingerprint density at radius 1 is 1.11 bits per heavy atom. The molecule has 0 spiro atoms. The van der Waals surface area contributed by atoms with E-state index in [1.165, 1.54) is 0 Å². The average molecular weight is 407 g/mol. The molecule has 0 aromatic heterocycles. The Hall–Kier alpha value is -2.04. The Morgan fingerprint density at radius 3 is 2.44 bits per heavy atom. The van der Waals surface area contributed by atoms with Gasteiger partial charge in [-0.2, -0.15) is 0 Å². The number of carbonyl (C=O) groups excluding carboxylic acids is 2. The van der Waals surface area contributed by atoms with Crippen LogP contribution >= 0.6 is 23.2 Å². The Kier molecular flexibility index (Phi) is 7.69. The standard InChI is InChI=1S/C21H24Cl2N2O2/c1-4-24-21(27)15(3)25(13-16-9-10-18(22)19(23)11-16)20(26)12-17-8-6-5-7-14(17)2/h5-11,15H,4,12-13H2,1-3H3,(H,24,27)/t15-/m1/s1. The number of likely N-dealkylation sites (N-methyl/N-ethyl adjacent to an activating group) is 1. The van der Waals surface area contributed by atoms with Crippen LogP contribution in [-0.4, -0.2) is 29.3 Å². The van der Waals surface area contributed by atoms with Gasteiger partial charge in [0.25, 0.3) is 0 Å². The predicted molar refractivity (Wildman–Crippen MR) is 110 cm³/mol. The number of halogens is 2. The summed E-state index contributed by atoms with van der Waals surface area (Å²) in [5.41, 5.74) is 2.81. The third-order valence-corrected chi connectivity index (χ3v) is 5.20. The highest BCUT2D eigenvalue weighted by Crippen LogP contribution is 2.24. The van der Waals surface area contributed by atoms with E-state index in [1.807, 2.05) is 44.2 Å². The molecule has 0 aliphatic rings. The fraction of sp³-hybridized carbons (Fsp3) is 0.333. The summed E-state index contributed by atoms with van der Waals surface area (Å²) in [6, 6.07) is 12.4. The fourth-order valence-electron chi connectivity index (χ4n) is 2.81. The maximum absolute atomic E-state index is 13.1. The number of nitrogens with zero attached hydrogens (tertiary/aromatic N) is 1. The molecule has 1 N–H and O–H groups in total. The second-order valence-corrected chi connectivity index (χ2v) is 7.26. The van der Waals surface area contributed by atoms with E-state index in [2.05, 4.69) is 5.32 Å². The maximum Gasteiger partial charge on any atom is 0.242 e. The normalized spacial score (nSPS) is 11.7. The third-order valence-electron chi connectivity index (χ3n) is 4.46. The summed E-state index contributed by atoms with van der Waals surface area (Å²) in [5.74, 6) is -0.301. The highest BCUT2D eigenvalue weighted by atomic mass is 35.5. The van der Waals surface area contributed by atoms with Crippen molar-refractivity contribution in [2.45, 2.75) is 39.8 Å². The molecule has 0 unspecified atom stereocenters. The summed E-state index contributed by atoms with van der Waals surface area (Å²) < 4.78 is 0. The summed E-state index contributed by atoms with van der Waals surface area (Å²) in [5, 5.41) is 3.66. The molecule has 0 bridgehead atoms. The Morgan fingerprint density at radius 2 is 1.81 bits per heavy atom. The predicted octanol–water partition coefficient (Wildman–Crippen LogP) is 4.40. The van der Waals surface area contributed by atoms with Gasteiger partial charge in [-0.1, -0.05) is 53.5 Å². The number of hydrogen-bond acceptors (Lipinski definition) is 2. The zero-order valence-electron chi connectivity index (χ0n) is 15.8. The van der Waals surface area contributed by atoms with Crippen LogP contribution < -0.4 is 5.32 Å². The lowest BCUT2D eigenvalue weighted by Gasteiger charge is -2.29. The first kappa shape index (κ1) is 21.3. The third kappa shape index (κ3) is 5.72. The molecule has 6 heteroatoms. The van der Waals surface area contributed by atoms with E-state index in [4.69, 9.17) is 23.2 Å². The van der Waals surface area contributed by atoms with Crippen molar-refractivity contribution in [3.63, 3.8) is 0 Å². The molecule has 27 heavy (non-hydrogen) atoms. The molecule has 0 fully saturated rings. The summed E-state index contributed by atoms with van der Waals surface area (Å²) >= 11 is 12.1. The van der Waals surface area contributed by atoms with E-state index in [0.29, 0.717) is 16.6 Å². The van der Waals surface area contributed by atoms with Gasteiger partial charge in [0.2, 0.25) is 11.8 Å². The summed E-state index contributed by atoms with van der Waals surface area (Å²) in [7, 11) is 0. The van der Waals surface area contributed by atoms with E-state index < -0.39 is 6.04 Å². The van der Waals surface area contributed by atoms with Crippen molar-refractivity contribution in [2.75, 3.05) is 6.54 Å². The van der Waals surface area contributed by atoms with Crippen LogP contribution in [0.5, 0.6) is 0 Å². The molecule has 0 saturated carbocycles. The van der Waals surface area contributed by atoms with Crippen molar-refractivity contribution in [3.05, 3.63) is 69.2 Å². The van der Waals surface area contributed by atoms with Crippen LogP contribution in [0.2, 0.25) is 10.0 Å². The van der Waals surface area contributed by atoms with E-state index in [0.717, 1.165) is 16.7 Å². The van der Waals surface area contributed by atoms with E-state index >= 15 is 0 Å².